The van der Waals surface area contributed by atoms with Crippen LogP contribution < -0.4 is 5.32 Å². The lowest BCUT2D eigenvalue weighted by Crippen LogP contribution is -2.41. The van der Waals surface area contributed by atoms with Gasteiger partial charge in [0.2, 0.25) is 15.9 Å². The smallest absolute Gasteiger partial charge is 0.337 e. The number of benzene rings is 2. The summed E-state index contributed by atoms with van der Waals surface area (Å²) in [6.07, 6.45) is 0.876. The van der Waals surface area contributed by atoms with Crippen molar-refractivity contribution in [2.45, 2.75) is 24.7 Å². The third-order valence-electron chi connectivity index (χ3n) is 5.03. The number of esters is 1. The van der Waals surface area contributed by atoms with E-state index in [9.17, 15) is 18.0 Å². The quantitative estimate of drug-likeness (QED) is 0.757. The van der Waals surface area contributed by atoms with Gasteiger partial charge in [-0.25, -0.2) is 13.2 Å². The van der Waals surface area contributed by atoms with Crippen LogP contribution in [0.15, 0.2) is 53.4 Å². The molecule has 7 nitrogen and oxygen atoms in total. The third kappa shape index (κ3) is 4.83. The number of aryl methyl sites for hydroxylation is 1. The minimum Gasteiger partial charge on any atom is -0.465 e. The molecule has 1 aliphatic rings. The molecule has 0 atom stereocenters. The van der Waals surface area contributed by atoms with Gasteiger partial charge in [-0.1, -0.05) is 23.8 Å². The molecule has 3 rings (SSSR count). The third-order valence-corrected chi connectivity index (χ3v) is 6.95. The molecule has 0 aromatic heterocycles. The molecule has 1 saturated heterocycles. The highest BCUT2D eigenvalue weighted by atomic mass is 32.2. The first-order valence-electron chi connectivity index (χ1n) is 9.37. The van der Waals surface area contributed by atoms with Crippen molar-refractivity contribution in [1.29, 1.82) is 0 Å². The van der Waals surface area contributed by atoms with E-state index in [1.807, 2.05) is 6.92 Å². The molecule has 0 radical (unpaired) electrons. The Bertz CT molecular complexity index is 994. The summed E-state index contributed by atoms with van der Waals surface area (Å²) in [6.45, 7) is 2.48. The normalized spacial score (nSPS) is 15.7. The van der Waals surface area contributed by atoms with Crippen LogP contribution in [0.2, 0.25) is 0 Å². The topological polar surface area (TPSA) is 92.8 Å². The second kappa shape index (κ2) is 8.75. The van der Waals surface area contributed by atoms with Crippen molar-refractivity contribution in [1.82, 2.24) is 4.31 Å². The first kappa shape index (κ1) is 21.0. The predicted octanol–water partition coefficient (Wildman–Crippen LogP) is 2.82. The second-order valence-electron chi connectivity index (χ2n) is 7.05. The van der Waals surface area contributed by atoms with E-state index in [0.717, 1.165) is 5.56 Å². The lowest BCUT2D eigenvalue weighted by atomic mass is 9.97. The number of nitrogens with one attached hydrogen (secondary N) is 1. The summed E-state index contributed by atoms with van der Waals surface area (Å²) >= 11 is 0. The molecule has 1 aliphatic heterocycles. The van der Waals surface area contributed by atoms with Crippen molar-refractivity contribution >= 4 is 27.6 Å². The number of carbonyl (C=O) groups excluding carboxylic acids is 2. The van der Waals surface area contributed by atoms with Crippen LogP contribution in [0.25, 0.3) is 0 Å². The summed E-state index contributed by atoms with van der Waals surface area (Å²) in [4.78, 5) is 24.5. The van der Waals surface area contributed by atoms with Gasteiger partial charge in [-0.15, -0.1) is 0 Å². The molecule has 0 aliphatic carbocycles. The summed E-state index contributed by atoms with van der Waals surface area (Å²) in [7, 11) is -2.26. The monoisotopic (exact) mass is 416 g/mol. The minimum atomic E-state index is -3.55. The van der Waals surface area contributed by atoms with E-state index in [0.29, 0.717) is 24.1 Å². The van der Waals surface area contributed by atoms with Crippen LogP contribution in [0, 0.1) is 12.8 Å². The van der Waals surface area contributed by atoms with Crippen molar-refractivity contribution in [2.24, 2.45) is 5.92 Å². The van der Waals surface area contributed by atoms with Gasteiger partial charge in [0.05, 0.1) is 17.6 Å². The van der Waals surface area contributed by atoms with Crippen molar-refractivity contribution in [2.75, 3.05) is 25.5 Å². The van der Waals surface area contributed by atoms with Crippen LogP contribution in [0.5, 0.6) is 0 Å². The molecular formula is C21H24N2O5S. The molecule has 29 heavy (non-hydrogen) atoms. The van der Waals surface area contributed by atoms with Crippen LogP contribution in [-0.4, -0.2) is 44.8 Å². The fraction of sp³-hybridized carbons (Fsp3) is 0.333. The molecule has 1 amide bonds. The number of anilines is 1. The Morgan fingerprint density at radius 2 is 1.72 bits per heavy atom. The molecule has 2 aromatic carbocycles. The predicted molar refractivity (Wildman–Crippen MR) is 109 cm³/mol. The SMILES string of the molecule is COC(=O)c1cccc(NC(=O)C2CCN(S(=O)(=O)c3ccc(C)cc3)CC2)c1. The summed E-state index contributed by atoms with van der Waals surface area (Å²) < 4.78 is 31.7. The van der Waals surface area contributed by atoms with Crippen molar-refractivity contribution < 1.29 is 22.7 Å². The van der Waals surface area contributed by atoms with E-state index in [2.05, 4.69) is 10.1 Å². The Labute approximate surface area is 170 Å². The zero-order valence-corrected chi connectivity index (χ0v) is 17.2. The van der Waals surface area contributed by atoms with Crippen LogP contribution in [0.4, 0.5) is 5.69 Å². The van der Waals surface area contributed by atoms with Crippen LogP contribution in [0.3, 0.4) is 0 Å². The number of nitrogens with zero attached hydrogens (tertiary/aromatic N) is 1. The average Bonchev–Trinajstić information content (AvgIpc) is 2.73. The summed E-state index contributed by atoms with van der Waals surface area (Å²) in [5, 5.41) is 2.81. The van der Waals surface area contributed by atoms with Crippen molar-refractivity contribution in [3.8, 4) is 0 Å². The Hall–Kier alpha value is -2.71. The Morgan fingerprint density at radius 1 is 1.07 bits per heavy atom. The largest absolute Gasteiger partial charge is 0.465 e. The Kier molecular flexibility index (Phi) is 6.34. The molecule has 2 aromatic rings. The van der Waals surface area contributed by atoms with Gasteiger partial charge in [0.15, 0.2) is 0 Å². The molecule has 8 heteroatoms. The average molecular weight is 416 g/mol. The van der Waals surface area contributed by atoms with Crippen LogP contribution >= 0.6 is 0 Å². The molecule has 1 fully saturated rings. The molecule has 0 saturated carbocycles. The summed E-state index contributed by atoms with van der Waals surface area (Å²) in [5.74, 6) is -0.948. The lowest BCUT2D eigenvalue weighted by Gasteiger charge is -2.30. The molecule has 0 unspecified atom stereocenters. The van der Waals surface area contributed by atoms with Gasteiger partial charge in [-0.3, -0.25) is 4.79 Å². The van der Waals surface area contributed by atoms with Gasteiger partial charge in [0.1, 0.15) is 0 Å². The maximum atomic E-state index is 12.8. The van der Waals surface area contributed by atoms with Gasteiger partial charge < -0.3 is 10.1 Å². The number of methoxy groups -OCH3 is 1. The maximum Gasteiger partial charge on any atom is 0.337 e. The van der Waals surface area contributed by atoms with E-state index in [1.54, 1.807) is 48.5 Å². The molecule has 0 bridgehead atoms. The molecular weight excluding hydrogens is 392 g/mol. The standard InChI is InChI=1S/C21H24N2O5S/c1-15-6-8-19(9-7-15)29(26,27)23-12-10-16(11-13-23)20(24)22-18-5-3-4-17(14-18)21(25)28-2/h3-9,14,16H,10-13H2,1-2H3,(H,22,24). The highest BCUT2D eigenvalue weighted by molar-refractivity contribution is 7.89. The Balaban J connectivity index is 1.61. The van der Waals surface area contributed by atoms with E-state index in [-0.39, 0.29) is 29.8 Å². The molecule has 1 N–H and O–H groups in total. The first-order chi connectivity index (χ1) is 13.8. The van der Waals surface area contributed by atoms with Gasteiger partial charge >= 0.3 is 5.97 Å². The molecule has 1 heterocycles. The summed E-state index contributed by atoms with van der Waals surface area (Å²) in [6, 6.07) is 13.3. The lowest BCUT2D eigenvalue weighted by molar-refractivity contribution is -0.120. The summed E-state index contributed by atoms with van der Waals surface area (Å²) in [5.41, 5.74) is 1.85. The number of sulfonamides is 1. The number of rotatable bonds is 5. The van der Waals surface area contributed by atoms with Gasteiger partial charge in [-0.2, -0.15) is 4.31 Å². The molecule has 154 valence electrons. The van der Waals surface area contributed by atoms with Gasteiger partial charge in [0.25, 0.3) is 0 Å². The Morgan fingerprint density at radius 3 is 2.34 bits per heavy atom. The number of hydrogen-bond donors (Lipinski definition) is 1. The highest BCUT2D eigenvalue weighted by Crippen LogP contribution is 2.25. The second-order valence-corrected chi connectivity index (χ2v) is 8.99. The van der Waals surface area contributed by atoms with Gasteiger partial charge in [0, 0.05) is 24.7 Å². The number of amides is 1. The van der Waals surface area contributed by atoms with Crippen molar-refractivity contribution in [3.05, 3.63) is 59.7 Å². The van der Waals surface area contributed by atoms with E-state index in [4.69, 9.17) is 0 Å². The van der Waals surface area contributed by atoms with E-state index in [1.165, 1.54) is 11.4 Å². The zero-order valence-electron chi connectivity index (χ0n) is 16.4. The maximum absolute atomic E-state index is 12.8. The van der Waals surface area contributed by atoms with Crippen LogP contribution in [-0.2, 0) is 19.6 Å². The van der Waals surface area contributed by atoms with Gasteiger partial charge in [-0.05, 0) is 50.1 Å². The zero-order chi connectivity index (χ0) is 21.0. The van der Waals surface area contributed by atoms with E-state index >= 15 is 0 Å². The fourth-order valence-electron chi connectivity index (χ4n) is 3.30. The number of piperidine rings is 1. The number of hydrogen-bond acceptors (Lipinski definition) is 5. The number of ether oxygens (including phenoxy) is 1. The highest BCUT2D eigenvalue weighted by Gasteiger charge is 2.32. The van der Waals surface area contributed by atoms with Crippen LogP contribution in [0.1, 0.15) is 28.8 Å². The fourth-order valence-corrected chi connectivity index (χ4v) is 4.77. The first-order valence-corrected chi connectivity index (χ1v) is 10.8. The van der Waals surface area contributed by atoms with Crippen molar-refractivity contribution in [3.63, 3.8) is 0 Å². The van der Waals surface area contributed by atoms with E-state index < -0.39 is 16.0 Å². The minimum absolute atomic E-state index is 0.181. The number of carbonyl (C=O) groups is 2. The molecule has 0 spiro atoms.